The monoisotopic (exact) mass is 489 g/mol. The Kier molecular flexibility index (Phi) is 8.66. The fraction of sp³-hybridized carbons (Fsp3) is 0.152. The molecule has 0 bridgehead atoms. The number of carbonyl (C=O) groups is 1. The van der Waals surface area contributed by atoms with E-state index in [1.165, 1.54) is 7.11 Å². The summed E-state index contributed by atoms with van der Waals surface area (Å²) in [5.41, 5.74) is 3.46. The van der Waals surface area contributed by atoms with Crippen molar-refractivity contribution in [3.05, 3.63) is 150 Å². The Morgan fingerprint density at radius 3 is 1.84 bits per heavy atom. The molecular formula is C33H31NO3. The second-order valence-corrected chi connectivity index (χ2v) is 8.80. The van der Waals surface area contributed by atoms with Crippen molar-refractivity contribution in [3.63, 3.8) is 0 Å². The maximum Gasteiger partial charge on any atom is 0.334 e. The number of hydrogen-bond donors (Lipinski definition) is 0. The smallest absolute Gasteiger partial charge is 0.334 e. The van der Waals surface area contributed by atoms with E-state index in [-0.39, 0.29) is 0 Å². The minimum absolute atomic E-state index is 0.328. The van der Waals surface area contributed by atoms with Crippen molar-refractivity contribution >= 4 is 11.7 Å². The van der Waals surface area contributed by atoms with Crippen LogP contribution in [0.5, 0.6) is 5.75 Å². The van der Waals surface area contributed by atoms with Crippen LogP contribution in [0, 0.1) is 0 Å². The molecule has 0 N–H and O–H groups in total. The largest absolute Gasteiger partial charge is 0.489 e. The Morgan fingerprint density at radius 1 is 0.784 bits per heavy atom. The zero-order valence-corrected chi connectivity index (χ0v) is 21.0. The maximum absolute atomic E-state index is 13.4. The Labute approximate surface area is 218 Å². The van der Waals surface area contributed by atoms with Gasteiger partial charge in [0, 0.05) is 24.0 Å². The Bertz CT molecular complexity index is 1280. The molecule has 1 atom stereocenters. The predicted octanol–water partition coefficient (Wildman–Crippen LogP) is 6.83. The molecule has 0 saturated carbocycles. The number of rotatable bonds is 11. The average Bonchev–Trinajstić information content (AvgIpc) is 2.96. The molecule has 0 saturated heterocycles. The van der Waals surface area contributed by atoms with Crippen LogP contribution in [0.3, 0.4) is 0 Å². The molecule has 4 nitrogen and oxygen atoms in total. The molecule has 0 aliphatic carbocycles. The highest BCUT2D eigenvalue weighted by atomic mass is 16.5. The van der Waals surface area contributed by atoms with Crippen molar-refractivity contribution in [2.75, 3.05) is 7.11 Å². The van der Waals surface area contributed by atoms with Gasteiger partial charge in [-0.15, -0.1) is 6.58 Å². The van der Waals surface area contributed by atoms with Crippen molar-refractivity contribution in [1.82, 2.24) is 0 Å². The van der Waals surface area contributed by atoms with Gasteiger partial charge < -0.3 is 9.47 Å². The number of benzene rings is 4. The van der Waals surface area contributed by atoms with Crippen LogP contribution in [0.1, 0.15) is 28.7 Å². The first kappa shape index (κ1) is 25.6. The molecule has 0 fully saturated rings. The number of ether oxygens (including phenoxy) is 2. The molecule has 1 unspecified atom stereocenters. The standard InChI is InChI=1S/C33H31NO3/c1-3-23-33(32(35)36-2,34-31(28-15-9-5-10-16-28)29-17-11-6-12-18-29)24-26-19-21-30(22-20-26)37-25-27-13-7-4-8-14-27/h3-22H,1,23-25H2,2H3. The highest BCUT2D eigenvalue weighted by molar-refractivity contribution is 6.13. The Hall–Kier alpha value is -4.44. The molecule has 4 aromatic rings. The third-order valence-corrected chi connectivity index (χ3v) is 6.14. The molecule has 0 radical (unpaired) electrons. The van der Waals surface area contributed by atoms with E-state index in [2.05, 4.69) is 6.58 Å². The van der Waals surface area contributed by atoms with Gasteiger partial charge in [-0.3, -0.25) is 4.99 Å². The fourth-order valence-electron chi connectivity index (χ4n) is 4.27. The highest BCUT2D eigenvalue weighted by Gasteiger charge is 2.39. The van der Waals surface area contributed by atoms with Crippen LogP contribution in [-0.4, -0.2) is 24.3 Å². The van der Waals surface area contributed by atoms with Gasteiger partial charge in [0.2, 0.25) is 0 Å². The summed E-state index contributed by atoms with van der Waals surface area (Å²) in [5, 5.41) is 0. The molecule has 0 aromatic heterocycles. The Morgan fingerprint density at radius 2 is 1.32 bits per heavy atom. The molecule has 186 valence electrons. The fourth-order valence-corrected chi connectivity index (χ4v) is 4.27. The number of methoxy groups -OCH3 is 1. The van der Waals surface area contributed by atoms with Gasteiger partial charge in [0.05, 0.1) is 12.8 Å². The quantitative estimate of drug-likeness (QED) is 0.132. The van der Waals surface area contributed by atoms with E-state index in [1.54, 1.807) is 6.08 Å². The SMILES string of the molecule is C=CCC(Cc1ccc(OCc2ccccc2)cc1)(N=C(c1ccccc1)c1ccccc1)C(=O)OC. The van der Waals surface area contributed by atoms with E-state index in [0.717, 1.165) is 33.7 Å². The first-order valence-corrected chi connectivity index (χ1v) is 12.3. The lowest BCUT2D eigenvalue weighted by Crippen LogP contribution is -2.41. The first-order valence-electron chi connectivity index (χ1n) is 12.3. The zero-order chi connectivity index (χ0) is 25.9. The van der Waals surface area contributed by atoms with Gasteiger partial charge in [-0.25, -0.2) is 4.79 Å². The summed E-state index contributed by atoms with van der Waals surface area (Å²) in [6, 6.07) is 37.6. The van der Waals surface area contributed by atoms with Crippen molar-refractivity contribution < 1.29 is 14.3 Å². The third-order valence-electron chi connectivity index (χ3n) is 6.14. The predicted molar refractivity (Wildman–Crippen MR) is 149 cm³/mol. The lowest BCUT2D eigenvalue weighted by molar-refractivity contribution is -0.146. The Balaban J connectivity index is 1.68. The van der Waals surface area contributed by atoms with Crippen molar-refractivity contribution in [3.8, 4) is 5.75 Å². The van der Waals surface area contributed by atoms with Crippen molar-refractivity contribution in [2.24, 2.45) is 4.99 Å². The molecule has 0 spiro atoms. The van der Waals surface area contributed by atoms with E-state index >= 15 is 0 Å². The molecule has 37 heavy (non-hydrogen) atoms. The molecular weight excluding hydrogens is 458 g/mol. The van der Waals surface area contributed by atoms with Gasteiger partial charge in [0.25, 0.3) is 0 Å². The first-order chi connectivity index (χ1) is 18.1. The second-order valence-electron chi connectivity index (χ2n) is 8.80. The molecule has 4 heteroatoms. The summed E-state index contributed by atoms with van der Waals surface area (Å²) in [6.07, 6.45) is 2.41. The van der Waals surface area contributed by atoms with Gasteiger partial charge in [-0.1, -0.05) is 109 Å². The van der Waals surface area contributed by atoms with Gasteiger partial charge in [-0.2, -0.15) is 0 Å². The van der Waals surface area contributed by atoms with Gasteiger partial charge in [0.15, 0.2) is 5.54 Å². The number of nitrogens with zero attached hydrogens (tertiary/aromatic N) is 1. The van der Waals surface area contributed by atoms with Gasteiger partial charge in [0.1, 0.15) is 12.4 Å². The van der Waals surface area contributed by atoms with E-state index in [0.29, 0.717) is 19.4 Å². The zero-order valence-electron chi connectivity index (χ0n) is 21.0. The molecule has 0 heterocycles. The summed E-state index contributed by atoms with van der Waals surface area (Å²) >= 11 is 0. The lowest BCUT2D eigenvalue weighted by atomic mass is 9.87. The minimum atomic E-state index is -1.18. The normalized spacial score (nSPS) is 12.1. The van der Waals surface area contributed by atoms with Crippen LogP contribution in [0.4, 0.5) is 0 Å². The van der Waals surface area contributed by atoms with E-state index in [1.807, 2.05) is 115 Å². The molecule has 4 rings (SSSR count). The van der Waals surface area contributed by atoms with Crippen LogP contribution >= 0.6 is 0 Å². The van der Waals surface area contributed by atoms with Crippen LogP contribution in [0.25, 0.3) is 0 Å². The topological polar surface area (TPSA) is 47.9 Å². The number of esters is 1. The van der Waals surface area contributed by atoms with E-state index < -0.39 is 11.5 Å². The maximum atomic E-state index is 13.4. The van der Waals surface area contributed by atoms with Crippen LogP contribution < -0.4 is 4.74 Å². The summed E-state index contributed by atoms with van der Waals surface area (Å²) in [7, 11) is 1.40. The number of aliphatic imine (C=N–C) groups is 1. The van der Waals surface area contributed by atoms with E-state index in [4.69, 9.17) is 14.5 Å². The summed E-state index contributed by atoms with van der Waals surface area (Å²) in [6.45, 7) is 4.42. The van der Waals surface area contributed by atoms with Gasteiger partial charge >= 0.3 is 5.97 Å². The number of hydrogen-bond acceptors (Lipinski definition) is 4. The molecule has 0 amide bonds. The van der Waals surface area contributed by atoms with Gasteiger partial charge in [-0.05, 0) is 23.3 Å². The summed E-state index contributed by atoms with van der Waals surface area (Å²) in [4.78, 5) is 18.5. The van der Waals surface area contributed by atoms with Crippen molar-refractivity contribution in [1.29, 1.82) is 0 Å². The van der Waals surface area contributed by atoms with E-state index in [9.17, 15) is 4.79 Å². The number of carbonyl (C=O) groups excluding carboxylic acids is 1. The third kappa shape index (κ3) is 6.62. The summed E-state index contributed by atoms with van der Waals surface area (Å²) < 4.78 is 11.2. The molecule has 0 aliphatic heterocycles. The van der Waals surface area contributed by atoms with Crippen molar-refractivity contribution in [2.45, 2.75) is 25.0 Å². The van der Waals surface area contributed by atoms with Crippen LogP contribution in [-0.2, 0) is 22.6 Å². The van der Waals surface area contributed by atoms with Crippen LogP contribution in [0.2, 0.25) is 0 Å². The summed E-state index contributed by atoms with van der Waals surface area (Å²) in [5.74, 6) is 0.360. The second kappa shape index (κ2) is 12.5. The average molecular weight is 490 g/mol. The minimum Gasteiger partial charge on any atom is -0.489 e. The highest BCUT2D eigenvalue weighted by Crippen LogP contribution is 2.28. The molecule has 0 aliphatic rings. The molecule has 4 aromatic carbocycles. The van der Waals surface area contributed by atoms with Crippen LogP contribution in [0.15, 0.2) is 133 Å². The lowest BCUT2D eigenvalue weighted by Gasteiger charge is -2.28.